The van der Waals surface area contributed by atoms with Crippen LogP contribution >= 0.6 is 0 Å². The molecule has 0 heterocycles. The number of anilines is 1. The van der Waals surface area contributed by atoms with E-state index in [0.29, 0.717) is 31.8 Å². The van der Waals surface area contributed by atoms with Crippen LogP contribution < -0.4 is 10.6 Å². The van der Waals surface area contributed by atoms with Crippen molar-refractivity contribution in [2.75, 3.05) is 51.8 Å². The lowest BCUT2D eigenvalue weighted by molar-refractivity contribution is -0.130. The zero-order valence-electron chi connectivity index (χ0n) is 16.4. The Kier molecular flexibility index (Phi) is 7.76. The molecule has 0 spiro atoms. The van der Waals surface area contributed by atoms with Crippen molar-refractivity contribution in [3.63, 3.8) is 0 Å². The molecule has 0 unspecified atom stereocenters. The number of fused-ring (bicyclic) bond motifs is 1. The van der Waals surface area contributed by atoms with Crippen LogP contribution in [0.5, 0.6) is 0 Å². The first-order valence-electron chi connectivity index (χ1n) is 9.19. The second kappa shape index (κ2) is 10.0. The van der Waals surface area contributed by atoms with Crippen molar-refractivity contribution in [2.24, 2.45) is 5.73 Å². The monoisotopic (exact) mass is 371 g/mol. The maximum absolute atomic E-state index is 12.7. The van der Waals surface area contributed by atoms with E-state index in [0.717, 1.165) is 22.9 Å². The Morgan fingerprint density at radius 1 is 1.07 bits per heavy atom. The number of nitrogens with zero attached hydrogens (tertiary/aromatic N) is 2. The Morgan fingerprint density at radius 2 is 1.78 bits per heavy atom. The van der Waals surface area contributed by atoms with E-state index in [-0.39, 0.29) is 18.2 Å². The Morgan fingerprint density at radius 3 is 2.44 bits per heavy atom. The lowest BCUT2D eigenvalue weighted by Crippen LogP contribution is -2.41. The summed E-state index contributed by atoms with van der Waals surface area (Å²) in [5.74, 6) is 0.104. The summed E-state index contributed by atoms with van der Waals surface area (Å²) in [6.45, 7) is 4.11. The number of rotatable bonds is 10. The van der Waals surface area contributed by atoms with Gasteiger partial charge in [0.1, 0.15) is 0 Å². The molecule has 0 aliphatic carbocycles. The number of hydrogen-bond donors (Lipinski definition) is 1. The number of carbonyl (C=O) groups excluding carboxylic acids is 2. The molecule has 0 saturated heterocycles. The van der Waals surface area contributed by atoms with Crippen molar-refractivity contribution in [3.05, 3.63) is 42.0 Å². The van der Waals surface area contributed by atoms with Gasteiger partial charge in [-0.1, -0.05) is 18.2 Å². The van der Waals surface area contributed by atoms with Crippen LogP contribution in [0.15, 0.2) is 36.4 Å². The van der Waals surface area contributed by atoms with Gasteiger partial charge in [-0.15, -0.1) is 0 Å². The summed E-state index contributed by atoms with van der Waals surface area (Å²) >= 11 is 0. The maximum Gasteiger partial charge on any atom is 0.242 e. The van der Waals surface area contributed by atoms with Crippen molar-refractivity contribution in [1.29, 1.82) is 0 Å². The topological polar surface area (TPSA) is 75.9 Å². The molecule has 6 heteroatoms. The largest absolute Gasteiger partial charge is 0.383 e. The second-order valence-electron chi connectivity index (χ2n) is 6.67. The quantitative estimate of drug-likeness (QED) is 0.649. The Labute approximate surface area is 160 Å². The molecule has 146 valence electrons. The van der Waals surface area contributed by atoms with Gasteiger partial charge in [-0.3, -0.25) is 9.59 Å². The van der Waals surface area contributed by atoms with Crippen molar-refractivity contribution >= 4 is 28.2 Å². The number of likely N-dealkylation sites (N-methyl/N-ethyl adjacent to an activating group) is 1. The molecular weight excluding hydrogens is 342 g/mol. The molecule has 0 radical (unpaired) electrons. The van der Waals surface area contributed by atoms with Gasteiger partial charge in [0.2, 0.25) is 5.91 Å². The maximum atomic E-state index is 12.7. The highest BCUT2D eigenvalue weighted by Gasteiger charge is 2.15. The van der Waals surface area contributed by atoms with Crippen molar-refractivity contribution in [3.8, 4) is 0 Å². The Hall–Kier alpha value is -2.44. The van der Waals surface area contributed by atoms with Gasteiger partial charge in [0, 0.05) is 38.5 Å². The van der Waals surface area contributed by atoms with E-state index in [2.05, 4.69) is 0 Å². The summed E-state index contributed by atoms with van der Waals surface area (Å²) in [6.07, 6.45) is 0.771. The van der Waals surface area contributed by atoms with E-state index in [4.69, 9.17) is 10.5 Å². The van der Waals surface area contributed by atoms with Crippen LogP contribution in [0, 0.1) is 0 Å². The fraction of sp³-hybridized carbons (Fsp3) is 0.429. The Bertz CT molecular complexity index is 783. The third-order valence-electron chi connectivity index (χ3n) is 4.59. The number of ether oxygens (including phenoxy) is 1. The molecule has 0 aliphatic rings. The average molecular weight is 371 g/mol. The smallest absolute Gasteiger partial charge is 0.242 e. The molecule has 2 rings (SSSR count). The minimum Gasteiger partial charge on any atom is -0.383 e. The van der Waals surface area contributed by atoms with Gasteiger partial charge in [0.15, 0.2) is 5.78 Å². The third kappa shape index (κ3) is 5.77. The van der Waals surface area contributed by atoms with Crippen molar-refractivity contribution in [1.82, 2.24) is 4.90 Å². The predicted octanol–water partition coefficient (Wildman–Crippen LogP) is 2.30. The summed E-state index contributed by atoms with van der Waals surface area (Å²) in [6, 6.07) is 11.7. The molecule has 2 N–H and O–H groups in total. The highest BCUT2D eigenvalue weighted by atomic mass is 16.5. The minimum atomic E-state index is 0.0509. The van der Waals surface area contributed by atoms with Crippen LogP contribution in [-0.2, 0) is 9.53 Å². The van der Waals surface area contributed by atoms with Crippen molar-refractivity contribution < 1.29 is 14.3 Å². The van der Waals surface area contributed by atoms with Crippen molar-refractivity contribution in [2.45, 2.75) is 13.3 Å². The lowest BCUT2D eigenvalue weighted by Gasteiger charge is -2.26. The van der Waals surface area contributed by atoms with E-state index < -0.39 is 0 Å². The van der Waals surface area contributed by atoms with E-state index in [1.165, 1.54) is 0 Å². The number of methoxy groups -OCH3 is 1. The van der Waals surface area contributed by atoms with Crippen LogP contribution in [-0.4, -0.2) is 63.5 Å². The summed E-state index contributed by atoms with van der Waals surface area (Å²) in [5, 5.41) is 2.05. The number of hydrogen-bond acceptors (Lipinski definition) is 5. The second-order valence-corrected chi connectivity index (χ2v) is 6.67. The summed E-state index contributed by atoms with van der Waals surface area (Å²) in [7, 11) is 3.53. The molecule has 6 nitrogen and oxygen atoms in total. The molecule has 2 aromatic carbocycles. The van der Waals surface area contributed by atoms with E-state index in [1.807, 2.05) is 48.3 Å². The van der Waals surface area contributed by atoms with Gasteiger partial charge in [-0.25, -0.2) is 0 Å². The van der Waals surface area contributed by atoms with Crippen LogP contribution in [0.2, 0.25) is 0 Å². The fourth-order valence-corrected chi connectivity index (χ4v) is 2.93. The molecule has 0 aromatic heterocycles. The lowest BCUT2D eigenvalue weighted by atomic mass is 10.0. The molecule has 0 saturated carbocycles. The van der Waals surface area contributed by atoms with Gasteiger partial charge in [-0.2, -0.15) is 0 Å². The van der Waals surface area contributed by atoms with Gasteiger partial charge in [0.25, 0.3) is 0 Å². The normalized spacial score (nSPS) is 10.8. The van der Waals surface area contributed by atoms with E-state index in [1.54, 1.807) is 18.9 Å². The zero-order valence-corrected chi connectivity index (χ0v) is 16.4. The first kappa shape index (κ1) is 20.9. The van der Waals surface area contributed by atoms with E-state index >= 15 is 0 Å². The predicted molar refractivity (Wildman–Crippen MR) is 109 cm³/mol. The summed E-state index contributed by atoms with van der Waals surface area (Å²) in [5.41, 5.74) is 7.24. The number of ketones is 1. The molecule has 1 amide bonds. The fourth-order valence-electron chi connectivity index (χ4n) is 2.93. The van der Waals surface area contributed by atoms with E-state index in [9.17, 15) is 9.59 Å². The SMILES string of the molecule is COCCN(CCCN)C(=O)CN(C)c1ccc2cc(C(C)=O)ccc2c1. The van der Waals surface area contributed by atoms with Gasteiger partial charge in [-0.05, 0) is 48.9 Å². The summed E-state index contributed by atoms with van der Waals surface area (Å²) in [4.78, 5) is 27.9. The minimum absolute atomic E-state index is 0.0509. The number of nitrogens with two attached hydrogens (primary N) is 1. The van der Waals surface area contributed by atoms with Crippen LogP contribution in [0.4, 0.5) is 5.69 Å². The van der Waals surface area contributed by atoms with Crippen LogP contribution in [0.1, 0.15) is 23.7 Å². The first-order valence-corrected chi connectivity index (χ1v) is 9.19. The van der Waals surface area contributed by atoms with Crippen LogP contribution in [0.3, 0.4) is 0 Å². The standard InChI is InChI=1S/C21H29N3O3/c1-16(25)17-5-6-19-14-20(8-7-18(19)13-17)23(2)15-21(26)24(10-4-9-22)11-12-27-3/h5-8,13-14H,4,9-12,15,22H2,1-3H3. The third-order valence-corrected chi connectivity index (χ3v) is 4.59. The molecule has 0 fully saturated rings. The highest BCUT2D eigenvalue weighted by molar-refractivity contribution is 5.99. The Balaban J connectivity index is 2.11. The molecule has 0 atom stereocenters. The molecule has 0 bridgehead atoms. The molecule has 2 aromatic rings. The first-order chi connectivity index (χ1) is 13.0. The highest BCUT2D eigenvalue weighted by Crippen LogP contribution is 2.23. The zero-order chi connectivity index (χ0) is 19.8. The van der Waals surface area contributed by atoms with Gasteiger partial charge < -0.3 is 20.3 Å². The van der Waals surface area contributed by atoms with Gasteiger partial charge >= 0.3 is 0 Å². The van der Waals surface area contributed by atoms with Gasteiger partial charge in [0.05, 0.1) is 13.2 Å². The molecular formula is C21H29N3O3. The number of Topliss-reactive ketones (excluding diaryl/α,β-unsaturated/α-hetero) is 1. The number of benzene rings is 2. The average Bonchev–Trinajstić information content (AvgIpc) is 2.66. The molecule has 0 aliphatic heterocycles. The molecule has 27 heavy (non-hydrogen) atoms. The van der Waals surface area contributed by atoms with Crippen LogP contribution in [0.25, 0.3) is 10.8 Å². The number of amides is 1. The summed E-state index contributed by atoms with van der Waals surface area (Å²) < 4.78 is 5.10. The number of carbonyl (C=O) groups is 2.